The number of β-amino-alcohol motifs (C(OH)–C–C–N with tert-alkyl or cyclic N) is 1. The average molecular weight is 534 g/mol. The Morgan fingerprint density at radius 2 is 1.57 bits per heavy atom. The minimum atomic E-state index is -0.540. The fourth-order valence-corrected chi connectivity index (χ4v) is 5.45. The van der Waals surface area contributed by atoms with Gasteiger partial charge in [-0.2, -0.15) is 0 Å². The molecule has 8 heteroatoms. The molecule has 0 saturated carbocycles. The van der Waals surface area contributed by atoms with Crippen LogP contribution in [-0.2, 0) is 0 Å². The van der Waals surface area contributed by atoms with Gasteiger partial charge in [-0.15, -0.1) is 0 Å². The summed E-state index contributed by atoms with van der Waals surface area (Å²) in [6, 6.07) is 26.7. The zero-order valence-electron chi connectivity index (χ0n) is 23.0. The number of aliphatic hydroxyl groups is 1. The number of piperazine rings is 1. The highest BCUT2D eigenvalue weighted by molar-refractivity contribution is 5.88. The van der Waals surface area contributed by atoms with Crippen molar-refractivity contribution >= 4 is 22.7 Å². The van der Waals surface area contributed by atoms with Crippen molar-refractivity contribution in [3.63, 3.8) is 0 Å². The van der Waals surface area contributed by atoms with E-state index in [9.17, 15) is 5.11 Å². The van der Waals surface area contributed by atoms with E-state index in [-0.39, 0.29) is 0 Å². The molecule has 3 aromatic carbocycles. The van der Waals surface area contributed by atoms with Gasteiger partial charge in [0.05, 0.1) is 6.10 Å². The van der Waals surface area contributed by atoms with Crippen molar-refractivity contribution in [3.05, 3.63) is 96.3 Å². The first-order chi connectivity index (χ1) is 19.6. The number of anilines is 2. The van der Waals surface area contributed by atoms with Gasteiger partial charge in [0.1, 0.15) is 12.2 Å². The zero-order valence-corrected chi connectivity index (χ0v) is 23.0. The predicted molar refractivity (Wildman–Crippen MR) is 161 cm³/mol. The number of imidazole rings is 1. The maximum absolute atomic E-state index is 10.9. The lowest BCUT2D eigenvalue weighted by molar-refractivity contribution is 0.118. The maximum atomic E-state index is 10.9. The normalized spacial score (nSPS) is 14.9. The summed E-state index contributed by atoms with van der Waals surface area (Å²) in [5.41, 5.74) is 7.37. The lowest BCUT2D eigenvalue weighted by atomic mass is 10.1. The second-order valence-corrected chi connectivity index (χ2v) is 10.4. The second kappa shape index (κ2) is 11.5. The molecule has 8 nitrogen and oxygen atoms in total. The first-order valence-corrected chi connectivity index (χ1v) is 13.9. The molecule has 0 unspecified atom stereocenters. The van der Waals surface area contributed by atoms with Crippen molar-refractivity contribution in [2.45, 2.75) is 20.0 Å². The van der Waals surface area contributed by atoms with Crippen LogP contribution in [0.1, 0.15) is 11.1 Å². The number of benzene rings is 3. The summed E-state index contributed by atoms with van der Waals surface area (Å²) >= 11 is 0. The molecule has 1 atom stereocenters. The Bertz CT molecular complexity index is 1580. The number of aliphatic hydroxyl groups excluding tert-OH is 1. The van der Waals surface area contributed by atoms with Crippen molar-refractivity contribution in [2.75, 3.05) is 49.5 Å². The fraction of sp³-hybridized carbons (Fsp3) is 0.281. The van der Waals surface area contributed by atoms with E-state index in [1.165, 1.54) is 16.8 Å². The summed E-state index contributed by atoms with van der Waals surface area (Å²) in [6.07, 6.45) is 1.02. The number of aryl methyl sites for hydroxylation is 1. The van der Waals surface area contributed by atoms with E-state index in [1.807, 2.05) is 60.7 Å². The number of hydrogen-bond acceptors (Lipinski definition) is 7. The number of hydrogen-bond donors (Lipinski definition) is 2. The van der Waals surface area contributed by atoms with Crippen LogP contribution >= 0.6 is 0 Å². The Morgan fingerprint density at radius 3 is 2.33 bits per heavy atom. The largest absolute Gasteiger partial charge is 0.390 e. The topological polar surface area (TPSA) is 82.3 Å². The molecule has 40 heavy (non-hydrogen) atoms. The number of fused-ring (bicyclic) bond motifs is 1. The molecule has 0 radical (unpaired) electrons. The molecule has 6 rings (SSSR count). The Labute approximate surface area is 235 Å². The van der Waals surface area contributed by atoms with Crippen LogP contribution in [0.2, 0.25) is 0 Å². The number of para-hydroxylation sites is 1. The molecule has 0 amide bonds. The van der Waals surface area contributed by atoms with Crippen molar-refractivity contribution in [1.82, 2.24) is 24.4 Å². The summed E-state index contributed by atoms with van der Waals surface area (Å²) in [5, 5.41) is 14.3. The summed E-state index contributed by atoms with van der Waals surface area (Å²) in [7, 11) is 0. The van der Waals surface area contributed by atoms with Crippen LogP contribution in [0.5, 0.6) is 0 Å². The first kappa shape index (κ1) is 26.0. The van der Waals surface area contributed by atoms with Gasteiger partial charge in [0.15, 0.2) is 17.0 Å². The van der Waals surface area contributed by atoms with Gasteiger partial charge in [0.2, 0.25) is 0 Å². The lowest BCUT2D eigenvalue weighted by Gasteiger charge is -2.37. The molecule has 3 heterocycles. The number of nitrogens with zero attached hydrogens (tertiary/aromatic N) is 6. The second-order valence-electron chi connectivity index (χ2n) is 10.4. The average Bonchev–Trinajstić information content (AvgIpc) is 3.39. The lowest BCUT2D eigenvalue weighted by Crippen LogP contribution is -2.49. The highest BCUT2D eigenvalue weighted by atomic mass is 16.3. The Morgan fingerprint density at radius 1 is 0.850 bits per heavy atom. The Balaban J connectivity index is 1.15. The maximum Gasteiger partial charge on any atom is 0.170 e. The summed E-state index contributed by atoms with van der Waals surface area (Å²) in [6.45, 7) is 9.10. The molecule has 2 N–H and O–H groups in total. The third-order valence-electron chi connectivity index (χ3n) is 7.75. The SMILES string of the molecule is Cc1cccc(N2CCN(C[C@@H](O)CNc3ncnc4c3nc(-c3ccccc3)n4-c3ccccc3)CC2)c1C. The number of rotatable bonds is 8. The fourth-order valence-electron chi connectivity index (χ4n) is 5.45. The van der Waals surface area contributed by atoms with Crippen molar-refractivity contribution < 1.29 is 5.11 Å². The van der Waals surface area contributed by atoms with Gasteiger partial charge >= 0.3 is 0 Å². The van der Waals surface area contributed by atoms with Gasteiger partial charge in [-0.3, -0.25) is 9.47 Å². The van der Waals surface area contributed by atoms with E-state index < -0.39 is 6.10 Å². The molecule has 0 bridgehead atoms. The van der Waals surface area contributed by atoms with Gasteiger partial charge in [0.25, 0.3) is 0 Å². The molecule has 0 aliphatic carbocycles. The standard InChI is InChI=1S/C32H35N7O/c1-23-10-9-15-28(24(23)2)38-18-16-37(17-19-38)21-27(40)20-33-30-29-32(35-22-34-30)39(26-13-7-4-8-14-26)31(36-29)25-11-5-3-6-12-25/h3-15,22,27,40H,16-21H2,1-2H3,(H,33,34,35)/t27-/m0/s1. The quantitative estimate of drug-likeness (QED) is 0.299. The van der Waals surface area contributed by atoms with Crippen LogP contribution in [-0.4, -0.2) is 74.9 Å². The van der Waals surface area contributed by atoms with Gasteiger partial charge < -0.3 is 15.3 Å². The van der Waals surface area contributed by atoms with Crippen molar-refractivity contribution in [2.24, 2.45) is 0 Å². The molecule has 1 fully saturated rings. The van der Waals surface area contributed by atoms with E-state index in [0.29, 0.717) is 24.4 Å². The third kappa shape index (κ3) is 5.28. The highest BCUT2D eigenvalue weighted by Crippen LogP contribution is 2.30. The van der Waals surface area contributed by atoms with E-state index in [2.05, 4.69) is 61.7 Å². The van der Waals surface area contributed by atoms with Crippen LogP contribution in [0.25, 0.3) is 28.2 Å². The molecular formula is C32H35N7O. The molecule has 5 aromatic rings. The summed E-state index contributed by atoms with van der Waals surface area (Å²) < 4.78 is 2.06. The van der Waals surface area contributed by atoms with Crippen LogP contribution in [0, 0.1) is 13.8 Å². The highest BCUT2D eigenvalue weighted by Gasteiger charge is 2.22. The van der Waals surface area contributed by atoms with Crippen LogP contribution in [0.3, 0.4) is 0 Å². The van der Waals surface area contributed by atoms with Crippen molar-refractivity contribution in [3.8, 4) is 17.1 Å². The molecule has 1 aliphatic rings. The van der Waals surface area contributed by atoms with E-state index in [0.717, 1.165) is 48.9 Å². The molecule has 1 saturated heterocycles. The van der Waals surface area contributed by atoms with Gasteiger partial charge in [0, 0.05) is 56.2 Å². The van der Waals surface area contributed by atoms with Crippen LogP contribution in [0.15, 0.2) is 85.2 Å². The van der Waals surface area contributed by atoms with Gasteiger partial charge in [-0.1, -0.05) is 60.7 Å². The van der Waals surface area contributed by atoms with Crippen LogP contribution in [0.4, 0.5) is 11.5 Å². The predicted octanol–water partition coefficient (Wildman–Crippen LogP) is 4.69. The molecule has 2 aromatic heterocycles. The summed E-state index contributed by atoms with van der Waals surface area (Å²) in [5.74, 6) is 1.42. The minimum absolute atomic E-state index is 0.377. The summed E-state index contributed by atoms with van der Waals surface area (Å²) in [4.78, 5) is 18.9. The first-order valence-electron chi connectivity index (χ1n) is 13.9. The van der Waals surface area contributed by atoms with Crippen molar-refractivity contribution in [1.29, 1.82) is 0 Å². The van der Waals surface area contributed by atoms with E-state index >= 15 is 0 Å². The van der Waals surface area contributed by atoms with Gasteiger partial charge in [-0.25, -0.2) is 15.0 Å². The Kier molecular flexibility index (Phi) is 7.44. The van der Waals surface area contributed by atoms with Gasteiger partial charge in [-0.05, 0) is 43.2 Å². The third-order valence-corrected chi connectivity index (χ3v) is 7.75. The zero-order chi connectivity index (χ0) is 27.5. The number of aromatic nitrogens is 4. The Hall–Kier alpha value is -4.27. The molecule has 0 spiro atoms. The smallest absolute Gasteiger partial charge is 0.170 e. The monoisotopic (exact) mass is 533 g/mol. The van der Waals surface area contributed by atoms with E-state index in [1.54, 1.807) is 6.33 Å². The number of nitrogens with one attached hydrogen (secondary N) is 1. The minimum Gasteiger partial charge on any atom is -0.390 e. The van der Waals surface area contributed by atoms with Crippen LogP contribution < -0.4 is 10.2 Å². The van der Waals surface area contributed by atoms with E-state index in [4.69, 9.17) is 4.98 Å². The molecule has 1 aliphatic heterocycles. The molecule has 204 valence electrons. The molecular weight excluding hydrogens is 498 g/mol.